The van der Waals surface area contributed by atoms with Crippen molar-refractivity contribution in [2.75, 3.05) is 39.9 Å². The first-order chi connectivity index (χ1) is 7.28. The fraction of sp³-hybridized carbons (Fsp3) is 0.909. The fourth-order valence-corrected chi connectivity index (χ4v) is 2.67. The van der Waals surface area contributed by atoms with Crippen molar-refractivity contribution in [3.05, 3.63) is 0 Å². The molecule has 0 saturated carbocycles. The normalized spacial score (nSPS) is 31.5. The maximum atomic E-state index is 12.2. The fourth-order valence-electron chi connectivity index (χ4n) is 2.67. The Morgan fingerprint density at radius 1 is 1.53 bits per heavy atom. The average Bonchev–Trinajstić information content (AvgIpc) is 2.56. The molecule has 1 amide bonds. The third-order valence-electron chi connectivity index (χ3n) is 3.64. The van der Waals surface area contributed by atoms with E-state index in [0.717, 1.165) is 45.4 Å². The van der Waals surface area contributed by atoms with Gasteiger partial charge in [-0.2, -0.15) is 0 Å². The van der Waals surface area contributed by atoms with Crippen LogP contribution in [0.25, 0.3) is 0 Å². The first-order valence-corrected chi connectivity index (χ1v) is 5.77. The summed E-state index contributed by atoms with van der Waals surface area (Å²) in [6.45, 7) is 4.23. The molecule has 0 bridgehead atoms. The summed E-state index contributed by atoms with van der Waals surface area (Å²) in [7, 11) is 1.68. The van der Waals surface area contributed by atoms with Gasteiger partial charge in [0.2, 0.25) is 5.91 Å². The Labute approximate surface area is 91.0 Å². The highest BCUT2D eigenvalue weighted by Crippen LogP contribution is 2.37. The van der Waals surface area contributed by atoms with Gasteiger partial charge >= 0.3 is 0 Å². The number of nitrogens with one attached hydrogen (secondary N) is 1. The number of amides is 1. The van der Waals surface area contributed by atoms with Crippen LogP contribution in [0.1, 0.15) is 19.3 Å². The van der Waals surface area contributed by atoms with E-state index in [9.17, 15) is 4.79 Å². The number of hydrogen-bond donors (Lipinski definition) is 1. The number of carbonyl (C=O) groups excluding carboxylic acids is 1. The number of hydrogen-bond acceptors (Lipinski definition) is 3. The van der Waals surface area contributed by atoms with Crippen molar-refractivity contribution in [2.24, 2.45) is 5.41 Å². The van der Waals surface area contributed by atoms with Crippen molar-refractivity contribution in [3.63, 3.8) is 0 Å². The number of likely N-dealkylation sites (tertiary alicyclic amines) is 1. The lowest BCUT2D eigenvalue weighted by Crippen LogP contribution is -2.46. The van der Waals surface area contributed by atoms with Crippen LogP contribution in [-0.2, 0) is 9.53 Å². The lowest BCUT2D eigenvalue weighted by molar-refractivity contribution is -0.137. The van der Waals surface area contributed by atoms with Gasteiger partial charge in [-0.1, -0.05) is 0 Å². The average molecular weight is 212 g/mol. The third kappa shape index (κ3) is 2.01. The van der Waals surface area contributed by atoms with Crippen LogP contribution in [0.15, 0.2) is 0 Å². The molecule has 15 heavy (non-hydrogen) atoms. The van der Waals surface area contributed by atoms with Gasteiger partial charge in [-0.3, -0.25) is 4.79 Å². The summed E-state index contributed by atoms with van der Waals surface area (Å²) in [5.41, 5.74) is -0.0774. The van der Waals surface area contributed by atoms with E-state index >= 15 is 0 Å². The van der Waals surface area contributed by atoms with Gasteiger partial charge in [0, 0.05) is 26.7 Å². The Bertz CT molecular complexity index is 237. The SMILES string of the molecule is COCCN1CCC2(CCCNC2)C1=O. The maximum Gasteiger partial charge on any atom is 0.230 e. The minimum absolute atomic E-state index is 0.0774. The molecule has 1 spiro atoms. The molecule has 0 aromatic carbocycles. The number of ether oxygens (including phenoxy) is 1. The molecule has 2 rings (SSSR count). The van der Waals surface area contributed by atoms with Gasteiger partial charge < -0.3 is 15.0 Å². The molecule has 2 aliphatic heterocycles. The molecule has 0 aromatic rings. The lowest BCUT2D eigenvalue weighted by atomic mass is 9.79. The third-order valence-corrected chi connectivity index (χ3v) is 3.64. The van der Waals surface area contributed by atoms with E-state index in [1.54, 1.807) is 7.11 Å². The molecule has 1 atom stereocenters. The monoisotopic (exact) mass is 212 g/mol. The summed E-state index contributed by atoms with van der Waals surface area (Å²) in [4.78, 5) is 14.2. The molecule has 86 valence electrons. The van der Waals surface area contributed by atoms with Crippen molar-refractivity contribution in [3.8, 4) is 0 Å². The maximum absolute atomic E-state index is 12.2. The molecule has 2 saturated heterocycles. The first kappa shape index (κ1) is 10.9. The Morgan fingerprint density at radius 2 is 2.40 bits per heavy atom. The number of nitrogens with zero attached hydrogens (tertiary/aromatic N) is 1. The van der Waals surface area contributed by atoms with Crippen LogP contribution in [0.2, 0.25) is 0 Å². The van der Waals surface area contributed by atoms with Gasteiger partial charge in [0.25, 0.3) is 0 Å². The minimum atomic E-state index is -0.0774. The van der Waals surface area contributed by atoms with Crippen LogP contribution in [0.5, 0.6) is 0 Å². The van der Waals surface area contributed by atoms with E-state index in [1.165, 1.54) is 0 Å². The quantitative estimate of drug-likeness (QED) is 0.728. The second-order valence-corrected chi connectivity index (χ2v) is 4.60. The highest BCUT2D eigenvalue weighted by molar-refractivity contribution is 5.85. The zero-order valence-electron chi connectivity index (χ0n) is 9.42. The highest BCUT2D eigenvalue weighted by atomic mass is 16.5. The topological polar surface area (TPSA) is 41.6 Å². The number of carbonyl (C=O) groups is 1. The van der Waals surface area contributed by atoms with E-state index in [2.05, 4.69) is 5.32 Å². The summed E-state index contributed by atoms with van der Waals surface area (Å²) in [5.74, 6) is 0.340. The van der Waals surface area contributed by atoms with Crippen LogP contribution in [0, 0.1) is 5.41 Å². The molecule has 2 heterocycles. The van der Waals surface area contributed by atoms with Crippen LogP contribution >= 0.6 is 0 Å². The molecule has 2 aliphatic rings. The molecule has 0 radical (unpaired) electrons. The summed E-state index contributed by atoms with van der Waals surface area (Å²) in [6, 6.07) is 0. The van der Waals surface area contributed by atoms with Crippen LogP contribution in [0.4, 0.5) is 0 Å². The predicted molar refractivity (Wildman–Crippen MR) is 57.6 cm³/mol. The predicted octanol–water partition coefficient (Wildman–Crippen LogP) is 0.235. The van der Waals surface area contributed by atoms with Gasteiger partial charge in [-0.15, -0.1) is 0 Å². The van der Waals surface area contributed by atoms with Gasteiger partial charge in [0.15, 0.2) is 0 Å². The standard InChI is InChI=1S/C11H20N2O2/c1-15-8-7-13-6-4-11(10(13)14)3-2-5-12-9-11/h12H,2-9H2,1H3. The number of piperidine rings is 1. The summed E-state index contributed by atoms with van der Waals surface area (Å²) < 4.78 is 5.02. The molecule has 2 fully saturated rings. The Hall–Kier alpha value is -0.610. The number of rotatable bonds is 3. The summed E-state index contributed by atoms with van der Waals surface area (Å²) >= 11 is 0. The largest absolute Gasteiger partial charge is 0.383 e. The van der Waals surface area contributed by atoms with Crippen LogP contribution < -0.4 is 5.32 Å². The van der Waals surface area contributed by atoms with Crippen LogP contribution in [-0.4, -0.2) is 50.7 Å². The first-order valence-electron chi connectivity index (χ1n) is 5.77. The van der Waals surface area contributed by atoms with Crippen molar-refractivity contribution in [2.45, 2.75) is 19.3 Å². The van der Waals surface area contributed by atoms with Crippen molar-refractivity contribution < 1.29 is 9.53 Å². The Kier molecular flexibility index (Phi) is 3.26. The lowest BCUT2D eigenvalue weighted by Gasteiger charge is -2.32. The minimum Gasteiger partial charge on any atom is -0.383 e. The van der Waals surface area contributed by atoms with E-state index in [-0.39, 0.29) is 5.41 Å². The van der Waals surface area contributed by atoms with Gasteiger partial charge in [0.05, 0.1) is 12.0 Å². The molecular formula is C11H20N2O2. The van der Waals surface area contributed by atoms with E-state index < -0.39 is 0 Å². The molecule has 1 N–H and O–H groups in total. The van der Waals surface area contributed by atoms with Crippen molar-refractivity contribution in [1.29, 1.82) is 0 Å². The van der Waals surface area contributed by atoms with E-state index in [4.69, 9.17) is 4.74 Å². The highest BCUT2D eigenvalue weighted by Gasteiger charge is 2.46. The smallest absolute Gasteiger partial charge is 0.230 e. The summed E-state index contributed by atoms with van der Waals surface area (Å²) in [5, 5.41) is 3.35. The molecule has 4 heteroatoms. The van der Waals surface area contributed by atoms with E-state index in [1.807, 2.05) is 4.90 Å². The van der Waals surface area contributed by atoms with E-state index in [0.29, 0.717) is 12.5 Å². The summed E-state index contributed by atoms with van der Waals surface area (Å²) in [6.07, 6.45) is 3.20. The zero-order chi connectivity index (χ0) is 10.7. The Balaban J connectivity index is 1.96. The molecule has 0 aromatic heterocycles. The van der Waals surface area contributed by atoms with Gasteiger partial charge in [-0.25, -0.2) is 0 Å². The second-order valence-electron chi connectivity index (χ2n) is 4.60. The van der Waals surface area contributed by atoms with Gasteiger partial charge in [-0.05, 0) is 25.8 Å². The van der Waals surface area contributed by atoms with Crippen molar-refractivity contribution in [1.82, 2.24) is 10.2 Å². The van der Waals surface area contributed by atoms with Crippen LogP contribution in [0.3, 0.4) is 0 Å². The molecular weight excluding hydrogens is 192 g/mol. The molecule has 4 nitrogen and oxygen atoms in total. The zero-order valence-corrected chi connectivity index (χ0v) is 9.42. The van der Waals surface area contributed by atoms with Crippen molar-refractivity contribution >= 4 is 5.91 Å². The molecule has 1 unspecified atom stereocenters. The number of methoxy groups -OCH3 is 1. The Morgan fingerprint density at radius 3 is 3.07 bits per heavy atom. The van der Waals surface area contributed by atoms with Gasteiger partial charge in [0.1, 0.15) is 0 Å². The molecule has 0 aliphatic carbocycles. The second kappa shape index (κ2) is 4.49.